The molecule has 2 aliphatic rings. The first kappa shape index (κ1) is 20.0. The normalized spacial score (nSPS) is 21.3. The smallest absolute Gasteiger partial charge is 0.335 e. The lowest BCUT2D eigenvalue weighted by atomic mass is 10.0. The Morgan fingerprint density at radius 3 is 2.52 bits per heavy atom. The number of carbonyl (C=O) groups is 1. The van der Waals surface area contributed by atoms with E-state index in [4.69, 9.17) is 14.5 Å². The van der Waals surface area contributed by atoms with Crippen molar-refractivity contribution >= 4 is 22.4 Å². The van der Waals surface area contributed by atoms with E-state index in [0.29, 0.717) is 0 Å². The van der Waals surface area contributed by atoms with E-state index in [1.807, 2.05) is 52.0 Å². The fraction of sp³-hybridized carbons (Fsp3) is 0.320. The Morgan fingerprint density at radius 1 is 1.03 bits per heavy atom. The van der Waals surface area contributed by atoms with Crippen molar-refractivity contribution in [1.29, 1.82) is 0 Å². The topological polar surface area (TPSA) is 77.0 Å². The molecule has 0 spiro atoms. The summed E-state index contributed by atoms with van der Waals surface area (Å²) < 4.78 is 6.17. The third-order valence-corrected chi connectivity index (χ3v) is 5.98. The van der Waals surface area contributed by atoms with Crippen LogP contribution < -0.4 is 5.32 Å². The maximum Gasteiger partial charge on any atom is 0.335 e. The molecule has 31 heavy (non-hydrogen) atoms. The number of fused-ring (bicyclic) bond motifs is 3. The van der Waals surface area contributed by atoms with Gasteiger partial charge in [0.1, 0.15) is 5.60 Å². The summed E-state index contributed by atoms with van der Waals surface area (Å²) >= 11 is 0. The molecule has 0 bridgehead atoms. The van der Waals surface area contributed by atoms with Crippen molar-refractivity contribution < 1.29 is 24.4 Å². The zero-order chi connectivity index (χ0) is 21.9. The van der Waals surface area contributed by atoms with Crippen molar-refractivity contribution in [3.05, 3.63) is 54.1 Å². The van der Waals surface area contributed by atoms with Crippen LogP contribution in [0.4, 0.5) is 5.69 Å². The highest BCUT2D eigenvalue weighted by atomic mass is 17.2. The number of anilines is 1. The number of carboxylic acid groups (broad SMARTS) is 1. The van der Waals surface area contributed by atoms with Crippen molar-refractivity contribution in [3.63, 3.8) is 0 Å². The summed E-state index contributed by atoms with van der Waals surface area (Å²) in [6, 6.07) is 15.5. The van der Waals surface area contributed by atoms with Crippen LogP contribution in [0.1, 0.15) is 38.1 Å². The van der Waals surface area contributed by atoms with Crippen LogP contribution in [-0.2, 0) is 14.5 Å². The SMILES string of the molecule is CC(C)C1OOC(C)(C)C(Nc2ccc3c4c(cccc24)-c2cc(C(=O)O)ccc2-3)O1. The molecular weight excluding hydrogens is 394 g/mol. The number of ether oxygens (including phenoxy) is 1. The summed E-state index contributed by atoms with van der Waals surface area (Å²) in [5.74, 6) is -0.780. The highest BCUT2D eigenvalue weighted by molar-refractivity contribution is 6.18. The second kappa shape index (κ2) is 7.05. The molecule has 0 radical (unpaired) electrons. The largest absolute Gasteiger partial charge is 0.478 e. The van der Waals surface area contributed by atoms with Gasteiger partial charge < -0.3 is 15.2 Å². The lowest BCUT2D eigenvalue weighted by Gasteiger charge is -2.42. The number of carboxylic acids is 1. The molecule has 1 aliphatic carbocycles. The zero-order valence-electron chi connectivity index (χ0n) is 17.9. The van der Waals surface area contributed by atoms with Crippen LogP contribution in [0.3, 0.4) is 0 Å². The van der Waals surface area contributed by atoms with E-state index in [2.05, 4.69) is 17.4 Å². The molecule has 1 heterocycles. The molecule has 0 aromatic heterocycles. The Labute approximate surface area is 180 Å². The molecule has 2 N–H and O–H groups in total. The molecule has 6 nitrogen and oxygen atoms in total. The van der Waals surface area contributed by atoms with Gasteiger partial charge in [0, 0.05) is 17.0 Å². The third kappa shape index (κ3) is 3.19. The Kier molecular flexibility index (Phi) is 4.55. The van der Waals surface area contributed by atoms with Crippen LogP contribution in [0, 0.1) is 5.92 Å². The first-order valence-electron chi connectivity index (χ1n) is 10.5. The highest BCUT2D eigenvalue weighted by Gasteiger charge is 2.41. The number of hydrogen-bond acceptors (Lipinski definition) is 5. The van der Waals surface area contributed by atoms with Gasteiger partial charge in [-0.15, -0.1) is 0 Å². The molecular formula is C25H25NO5. The molecule has 2 unspecified atom stereocenters. The zero-order valence-corrected chi connectivity index (χ0v) is 17.9. The predicted molar refractivity (Wildman–Crippen MR) is 119 cm³/mol. The average molecular weight is 419 g/mol. The van der Waals surface area contributed by atoms with Crippen LogP contribution in [0.15, 0.2) is 48.5 Å². The first-order valence-corrected chi connectivity index (χ1v) is 10.5. The minimum Gasteiger partial charge on any atom is -0.478 e. The van der Waals surface area contributed by atoms with E-state index in [0.717, 1.165) is 38.7 Å². The van der Waals surface area contributed by atoms with Gasteiger partial charge in [-0.05, 0) is 59.7 Å². The van der Waals surface area contributed by atoms with Crippen molar-refractivity contribution in [1.82, 2.24) is 0 Å². The molecule has 3 aromatic carbocycles. The number of benzene rings is 3. The van der Waals surface area contributed by atoms with E-state index in [1.165, 1.54) is 0 Å². The fourth-order valence-corrected chi connectivity index (χ4v) is 4.27. The minimum atomic E-state index is -0.924. The van der Waals surface area contributed by atoms with Gasteiger partial charge >= 0.3 is 5.97 Å². The van der Waals surface area contributed by atoms with Gasteiger partial charge in [0.25, 0.3) is 0 Å². The van der Waals surface area contributed by atoms with Crippen LogP contribution in [-0.4, -0.2) is 29.2 Å². The molecule has 3 aromatic rings. The molecule has 1 saturated heterocycles. The summed E-state index contributed by atoms with van der Waals surface area (Å²) in [7, 11) is 0. The van der Waals surface area contributed by atoms with Gasteiger partial charge in [-0.1, -0.05) is 44.2 Å². The van der Waals surface area contributed by atoms with Gasteiger partial charge in [-0.2, -0.15) is 0 Å². The average Bonchev–Trinajstić information content (AvgIpc) is 3.05. The van der Waals surface area contributed by atoms with Gasteiger partial charge in [0.15, 0.2) is 12.5 Å². The quantitative estimate of drug-likeness (QED) is 0.416. The number of nitrogens with one attached hydrogen (secondary N) is 1. The molecule has 0 amide bonds. The van der Waals surface area contributed by atoms with Crippen LogP contribution in [0.2, 0.25) is 0 Å². The molecule has 1 fully saturated rings. The molecule has 0 saturated carbocycles. The van der Waals surface area contributed by atoms with E-state index in [9.17, 15) is 9.90 Å². The maximum atomic E-state index is 11.5. The summed E-state index contributed by atoms with van der Waals surface area (Å²) in [5, 5.41) is 15.1. The van der Waals surface area contributed by atoms with Gasteiger partial charge in [0.05, 0.1) is 5.56 Å². The minimum absolute atomic E-state index is 0.145. The van der Waals surface area contributed by atoms with Crippen LogP contribution in [0.5, 0.6) is 0 Å². The van der Waals surface area contributed by atoms with Crippen molar-refractivity contribution in [2.24, 2.45) is 5.92 Å². The van der Waals surface area contributed by atoms with E-state index in [1.54, 1.807) is 12.1 Å². The number of rotatable bonds is 4. The van der Waals surface area contributed by atoms with Gasteiger partial charge in [-0.25, -0.2) is 14.6 Å². The van der Waals surface area contributed by atoms with Crippen LogP contribution in [0.25, 0.3) is 33.0 Å². The molecule has 6 heteroatoms. The Bertz CT molecular complexity index is 1200. The summed E-state index contributed by atoms with van der Waals surface area (Å²) in [6.45, 7) is 7.88. The van der Waals surface area contributed by atoms with Gasteiger partial charge in [0.2, 0.25) is 0 Å². The monoisotopic (exact) mass is 419 g/mol. The highest BCUT2D eigenvalue weighted by Crippen LogP contribution is 2.49. The summed E-state index contributed by atoms with van der Waals surface area (Å²) in [5.41, 5.74) is 4.67. The van der Waals surface area contributed by atoms with Crippen LogP contribution >= 0.6 is 0 Å². The number of aromatic carboxylic acids is 1. The second-order valence-electron chi connectivity index (χ2n) is 9.01. The Balaban J connectivity index is 1.58. The van der Waals surface area contributed by atoms with E-state index in [-0.39, 0.29) is 11.5 Å². The molecule has 1 aliphatic heterocycles. The third-order valence-electron chi connectivity index (χ3n) is 5.98. The Hall–Kier alpha value is -2.93. The van der Waals surface area contributed by atoms with Crippen molar-refractivity contribution in [3.8, 4) is 22.3 Å². The molecule has 160 valence electrons. The predicted octanol–water partition coefficient (Wildman–Crippen LogP) is 5.66. The standard InChI is InChI=1S/C25H25NO5/c1-13(2)23-29-24(25(3,4)31-30-23)26-20-11-10-17-15-9-8-14(22(27)28)12-19(15)16-6-5-7-18(20)21(16)17/h5-13,23-24,26H,1-4H3,(H,27,28). The maximum absolute atomic E-state index is 11.5. The second-order valence-corrected chi connectivity index (χ2v) is 9.01. The van der Waals surface area contributed by atoms with E-state index >= 15 is 0 Å². The van der Waals surface area contributed by atoms with Crippen molar-refractivity contribution in [2.75, 3.05) is 5.32 Å². The van der Waals surface area contributed by atoms with E-state index < -0.39 is 24.1 Å². The lowest BCUT2D eigenvalue weighted by Crippen LogP contribution is -2.54. The Morgan fingerprint density at radius 2 is 1.77 bits per heavy atom. The summed E-state index contributed by atoms with van der Waals surface area (Å²) in [4.78, 5) is 22.5. The number of hydrogen-bond donors (Lipinski definition) is 2. The van der Waals surface area contributed by atoms with Gasteiger partial charge in [-0.3, -0.25) is 0 Å². The molecule has 5 rings (SSSR count). The lowest BCUT2D eigenvalue weighted by molar-refractivity contribution is -0.485. The fourth-order valence-electron chi connectivity index (χ4n) is 4.27. The first-order chi connectivity index (χ1) is 14.8. The molecule has 2 atom stereocenters. The van der Waals surface area contributed by atoms with Crippen molar-refractivity contribution in [2.45, 2.75) is 45.8 Å². The summed E-state index contributed by atoms with van der Waals surface area (Å²) in [6.07, 6.45) is -0.867.